The number of ketones is 1. The van der Waals surface area contributed by atoms with Gasteiger partial charge in [-0.05, 0) is 54.9 Å². The van der Waals surface area contributed by atoms with E-state index in [9.17, 15) is 9.59 Å². The number of hydrogen-bond donors (Lipinski definition) is 1. The van der Waals surface area contributed by atoms with E-state index in [1.165, 1.54) is 12.0 Å². The van der Waals surface area contributed by atoms with Crippen LogP contribution in [0.5, 0.6) is 0 Å². The molecule has 0 spiro atoms. The number of hydrogen-bond acceptors (Lipinski definition) is 5. The van der Waals surface area contributed by atoms with Crippen molar-refractivity contribution < 1.29 is 19.1 Å². The Balaban J connectivity index is 1.64. The molecule has 6 heteroatoms. The summed E-state index contributed by atoms with van der Waals surface area (Å²) in [4.78, 5) is 31.1. The Labute approximate surface area is 164 Å². The second-order valence-corrected chi connectivity index (χ2v) is 7.48. The van der Waals surface area contributed by atoms with Crippen molar-refractivity contribution >= 4 is 17.5 Å². The van der Waals surface area contributed by atoms with Crippen LogP contribution >= 0.6 is 0 Å². The van der Waals surface area contributed by atoms with Crippen molar-refractivity contribution in [2.75, 3.05) is 13.2 Å². The van der Waals surface area contributed by atoms with Crippen LogP contribution in [0, 0.1) is 6.92 Å². The fourth-order valence-electron chi connectivity index (χ4n) is 3.81. The number of rotatable bonds is 5. The number of carbonyl (C=O) groups is 2. The smallest absolute Gasteiger partial charge is 0.434 e. The van der Waals surface area contributed by atoms with Crippen LogP contribution in [-0.4, -0.2) is 35.1 Å². The Bertz CT molecular complexity index is 918. The molecule has 2 aromatic rings. The molecule has 2 aliphatic rings. The van der Waals surface area contributed by atoms with Gasteiger partial charge in [0.2, 0.25) is 5.78 Å². The van der Waals surface area contributed by atoms with E-state index in [0.717, 1.165) is 41.6 Å². The number of imidazole rings is 1. The Kier molecular flexibility index (Phi) is 5.28. The molecule has 0 amide bonds. The van der Waals surface area contributed by atoms with Crippen molar-refractivity contribution in [3.8, 4) is 0 Å². The lowest BCUT2D eigenvalue weighted by Crippen LogP contribution is -2.26. The summed E-state index contributed by atoms with van der Waals surface area (Å²) in [6.45, 7) is 2.53. The first-order chi connectivity index (χ1) is 13.6. The third-order valence-corrected chi connectivity index (χ3v) is 5.36. The zero-order valence-electron chi connectivity index (χ0n) is 16.0. The van der Waals surface area contributed by atoms with Gasteiger partial charge in [-0.3, -0.25) is 4.79 Å². The van der Waals surface area contributed by atoms with Crippen LogP contribution in [0.4, 0.5) is 4.79 Å². The predicted octanol–water partition coefficient (Wildman–Crippen LogP) is 4.35. The summed E-state index contributed by atoms with van der Waals surface area (Å²) >= 11 is 0. The van der Waals surface area contributed by atoms with Gasteiger partial charge in [-0.2, -0.15) is 0 Å². The molecule has 1 aliphatic heterocycles. The van der Waals surface area contributed by atoms with Gasteiger partial charge in [0.05, 0.1) is 5.92 Å². The quantitative estimate of drug-likeness (QED) is 0.616. The number of nitrogens with one attached hydrogen (secondary N) is 1. The lowest BCUT2D eigenvalue weighted by atomic mass is 9.86. The molecule has 0 unspecified atom stereocenters. The predicted molar refractivity (Wildman–Crippen MR) is 104 cm³/mol. The van der Waals surface area contributed by atoms with Crippen LogP contribution in [-0.2, 0) is 15.9 Å². The SMILES string of the molecule is Cc1cnc(C(=O)Cc2ccc(C3COC(=O)OC3)cc2C2=CCCCC2)[nH]1. The summed E-state index contributed by atoms with van der Waals surface area (Å²) in [5.74, 6) is 0.393. The number of Topliss-reactive ketones (excluding diaryl/α,β-unsaturated/α-hetero) is 1. The molecule has 0 atom stereocenters. The lowest BCUT2D eigenvalue weighted by Gasteiger charge is -2.24. The maximum atomic E-state index is 12.7. The summed E-state index contributed by atoms with van der Waals surface area (Å²) < 4.78 is 10.1. The molecule has 0 radical (unpaired) electrons. The highest BCUT2D eigenvalue weighted by Gasteiger charge is 2.24. The third kappa shape index (κ3) is 4.01. The number of ether oxygens (including phenoxy) is 2. The maximum absolute atomic E-state index is 12.7. The number of benzene rings is 1. The van der Waals surface area contributed by atoms with Crippen LogP contribution in [0.15, 0.2) is 30.5 Å². The number of allylic oxidation sites excluding steroid dienone is 2. The zero-order chi connectivity index (χ0) is 19.5. The highest BCUT2D eigenvalue weighted by Crippen LogP contribution is 2.32. The van der Waals surface area contributed by atoms with Gasteiger partial charge >= 0.3 is 6.16 Å². The monoisotopic (exact) mass is 380 g/mol. The topological polar surface area (TPSA) is 81.3 Å². The van der Waals surface area contributed by atoms with E-state index in [-0.39, 0.29) is 11.7 Å². The fourth-order valence-corrected chi connectivity index (χ4v) is 3.81. The summed E-state index contributed by atoms with van der Waals surface area (Å²) in [6, 6.07) is 6.17. The molecule has 2 heterocycles. The van der Waals surface area contributed by atoms with Crippen LogP contribution in [0.2, 0.25) is 0 Å². The normalized spacial score (nSPS) is 17.6. The molecular formula is C22H24N2O4. The van der Waals surface area contributed by atoms with Crippen LogP contribution in [0.25, 0.3) is 5.57 Å². The first-order valence-corrected chi connectivity index (χ1v) is 9.77. The molecule has 1 N–H and O–H groups in total. The first-order valence-electron chi connectivity index (χ1n) is 9.77. The standard InChI is InChI=1S/C22H24N2O4/c1-14-11-23-21(24-14)20(25)10-17-8-7-16(18-12-27-22(26)28-13-18)9-19(17)15-5-3-2-4-6-15/h5,7-9,11,18H,2-4,6,10,12-13H2,1H3,(H,23,24). The van der Waals surface area contributed by atoms with Crippen molar-refractivity contribution in [1.82, 2.24) is 9.97 Å². The zero-order valence-corrected chi connectivity index (χ0v) is 16.0. The van der Waals surface area contributed by atoms with Gasteiger partial charge in [-0.25, -0.2) is 9.78 Å². The van der Waals surface area contributed by atoms with Gasteiger partial charge in [-0.15, -0.1) is 0 Å². The molecule has 0 bridgehead atoms. The molecule has 1 aromatic carbocycles. The van der Waals surface area contributed by atoms with Crippen molar-refractivity contribution in [3.05, 3.63) is 58.7 Å². The summed E-state index contributed by atoms with van der Waals surface area (Å²) in [6.07, 6.45) is 8.09. The minimum Gasteiger partial charge on any atom is -0.434 e. The summed E-state index contributed by atoms with van der Waals surface area (Å²) in [7, 11) is 0. The van der Waals surface area contributed by atoms with Gasteiger partial charge in [0.25, 0.3) is 0 Å². The molecule has 28 heavy (non-hydrogen) atoms. The molecule has 6 nitrogen and oxygen atoms in total. The second kappa shape index (κ2) is 8.00. The van der Waals surface area contributed by atoms with E-state index in [1.807, 2.05) is 19.1 Å². The van der Waals surface area contributed by atoms with Crippen LogP contribution < -0.4 is 0 Å². The highest BCUT2D eigenvalue weighted by atomic mass is 16.7. The van der Waals surface area contributed by atoms with Crippen LogP contribution in [0.1, 0.15) is 64.6 Å². The fraction of sp³-hybridized carbons (Fsp3) is 0.409. The molecule has 1 aliphatic carbocycles. The van der Waals surface area contributed by atoms with Gasteiger partial charge in [0, 0.05) is 18.3 Å². The molecule has 1 fully saturated rings. The van der Waals surface area contributed by atoms with Gasteiger partial charge < -0.3 is 14.5 Å². The summed E-state index contributed by atoms with van der Waals surface area (Å²) in [5.41, 5.74) is 5.36. The number of nitrogens with zero attached hydrogens (tertiary/aromatic N) is 1. The van der Waals surface area contributed by atoms with Gasteiger partial charge in [0.15, 0.2) is 5.82 Å². The Morgan fingerprint density at radius 1 is 1.25 bits per heavy atom. The average Bonchev–Trinajstić information content (AvgIpc) is 3.16. The Morgan fingerprint density at radius 2 is 2.07 bits per heavy atom. The number of aromatic nitrogens is 2. The number of cyclic esters (lactones) is 2. The molecule has 146 valence electrons. The van der Waals surface area contributed by atoms with Gasteiger partial charge in [-0.1, -0.05) is 24.3 Å². The van der Waals surface area contributed by atoms with E-state index < -0.39 is 6.16 Å². The Hall–Kier alpha value is -2.89. The minimum atomic E-state index is -0.609. The van der Waals surface area contributed by atoms with E-state index in [2.05, 4.69) is 22.1 Å². The number of carbonyl (C=O) groups excluding carboxylic acids is 2. The molecule has 4 rings (SSSR count). The lowest BCUT2D eigenvalue weighted by molar-refractivity contribution is 0.00720. The largest absolute Gasteiger partial charge is 0.508 e. The first kappa shape index (κ1) is 18.5. The highest BCUT2D eigenvalue weighted by molar-refractivity contribution is 5.95. The minimum absolute atomic E-state index is 0.0121. The number of aryl methyl sites for hydroxylation is 1. The van der Waals surface area contributed by atoms with Crippen molar-refractivity contribution in [3.63, 3.8) is 0 Å². The third-order valence-electron chi connectivity index (χ3n) is 5.36. The van der Waals surface area contributed by atoms with Crippen LogP contribution in [0.3, 0.4) is 0 Å². The molecular weight excluding hydrogens is 356 g/mol. The molecule has 1 saturated heterocycles. The average molecular weight is 380 g/mol. The van der Waals surface area contributed by atoms with Crippen molar-refractivity contribution in [2.24, 2.45) is 0 Å². The summed E-state index contributed by atoms with van der Waals surface area (Å²) in [5, 5.41) is 0. The Morgan fingerprint density at radius 3 is 2.75 bits per heavy atom. The van der Waals surface area contributed by atoms with Gasteiger partial charge in [0.1, 0.15) is 13.2 Å². The number of aromatic amines is 1. The van der Waals surface area contributed by atoms with Crippen molar-refractivity contribution in [1.29, 1.82) is 0 Å². The molecule has 0 saturated carbocycles. The second-order valence-electron chi connectivity index (χ2n) is 7.48. The molecule has 1 aromatic heterocycles. The van der Waals surface area contributed by atoms with Crippen molar-refractivity contribution in [2.45, 2.75) is 44.9 Å². The van der Waals surface area contributed by atoms with E-state index in [1.54, 1.807) is 6.20 Å². The maximum Gasteiger partial charge on any atom is 0.508 e. The van der Waals surface area contributed by atoms with E-state index in [4.69, 9.17) is 9.47 Å². The van der Waals surface area contributed by atoms with E-state index >= 15 is 0 Å². The van der Waals surface area contributed by atoms with E-state index in [0.29, 0.717) is 25.5 Å². The number of H-pyrrole nitrogens is 1.